The van der Waals surface area contributed by atoms with Crippen molar-refractivity contribution in [2.24, 2.45) is 0 Å². The van der Waals surface area contributed by atoms with E-state index >= 15 is 0 Å². The van der Waals surface area contributed by atoms with Crippen LogP contribution in [0.1, 0.15) is 354 Å². The fourth-order valence-electron chi connectivity index (χ4n) is 10.7. The third kappa shape index (κ3) is 65.9. The Morgan fingerprint density at radius 3 is 0.988 bits per heavy atom. The van der Waals surface area contributed by atoms with Crippen molar-refractivity contribution < 1.29 is 32.9 Å². The number of carbonyl (C=O) groups excluding carboxylic acids is 1. The lowest BCUT2D eigenvalue weighted by atomic mass is 10.0. The monoisotopic (exact) mass is 1160 g/mol. The Morgan fingerprint density at radius 2 is 0.679 bits per heavy atom. The number of hydrogen-bond donors (Lipinski definition) is 3. The molecule has 0 saturated heterocycles. The lowest BCUT2D eigenvalue weighted by Crippen LogP contribution is -2.45. The highest BCUT2D eigenvalue weighted by atomic mass is 31.2. The Kier molecular flexibility index (Phi) is 61.8. The highest BCUT2D eigenvalue weighted by molar-refractivity contribution is 7.47. The van der Waals surface area contributed by atoms with E-state index in [-0.39, 0.29) is 19.1 Å². The molecule has 478 valence electrons. The lowest BCUT2D eigenvalue weighted by Gasteiger charge is -2.25. The molecule has 8 nitrogen and oxygen atoms in total. The first-order valence-electron chi connectivity index (χ1n) is 35.5. The molecule has 0 aliphatic carbocycles. The number of phosphoric acid groups is 1. The molecule has 0 spiro atoms. The third-order valence-electron chi connectivity index (χ3n) is 16.2. The fraction of sp³-hybridized carbons (Fsp3) is 0.875. The number of hydrogen-bond acceptors (Lipinski definition) is 5. The van der Waals surface area contributed by atoms with Crippen LogP contribution < -0.4 is 5.32 Å². The number of carbonyl (C=O) groups is 1. The highest BCUT2D eigenvalue weighted by Gasteiger charge is 2.28. The quantitative estimate of drug-likeness (QED) is 0.0243. The van der Waals surface area contributed by atoms with E-state index in [1.165, 1.54) is 289 Å². The number of allylic oxidation sites excluding steroid dienone is 7. The van der Waals surface area contributed by atoms with Crippen molar-refractivity contribution in [2.75, 3.05) is 40.9 Å². The maximum Gasteiger partial charge on any atom is 0.472 e. The van der Waals surface area contributed by atoms with Crippen LogP contribution in [0.15, 0.2) is 48.6 Å². The van der Waals surface area contributed by atoms with E-state index in [0.717, 1.165) is 44.9 Å². The summed E-state index contributed by atoms with van der Waals surface area (Å²) < 4.78 is 23.8. The molecule has 0 heterocycles. The zero-order valence-electron chi connectivity index (χ0n) is 54.8. The van der Waals surface area contributed by atoms with Crippen LogP contribution >= 0.6 is 7.82 Å². The van der Waals surface area contributed by atoms with Gasteiger partial charge in [0.25, 0.3) is 0 Å². The first-order valence-corrected chi connectivity index (χ1v) is 37.0. The van der Waals surface area contributed by atoms with Crippen LogP contribution in [0, 0.1) is 0 Å². The predicted molar refractivity (Wildman–Crippen MR) is 355 cm³/mol. The molecule has 1 amide bonds. The van der Waals surface area contributed by atoms with Gasteiger partial charge in [0.1, 0.15) is 13.2 Å². The molecule has 0 aliphatic heterocycles. The largest absolute Gasteiger partial charge is 0.472 e. The van der Waals surface area contributed by atoms with Gasteiger partial charge < -0.3 is 19.8 Å². The van der Waals surface area contributed by atoms with Crippen LogP contribution in [0.2, 0.25) is 0 Å². The highest BCUT2D eigenvalue weighted by Crippen LogP contribution is 2.43. The van der Waals surface area contributed by atoms with Crippen LogP contribution in [-0.4, -0.2) is 73.4 Å². The van der Waals surface area contributed by atoms with E-state index in [0.29, 0.717) is 17.4 Å². The Bertz CT molecular complexity index is 1460. The number of rotatable bonds is 66. The van der Waals surface area contributed by atoms with Crippen molar-refractivity contribution >= 4 is 13.7 Å². The molecule has 3 unspecified atom stereocenters. The van der Waals surface area contributed by atoms with Crippen LogP contribution in [0.4, 0.5) is 0 Å². The smallest absolute Gasteiger partial charge is 0.387 e. The van der Waals surface area contributed by atoms with Gasteiger partial charge in [-0.25, -0.2) is 4.57 Å². The van der Waals surface area contributed by atoms with E-state index in [1.807, 2.05) is 27.2 Å². The summed E-state index contributed by atoms with van der Waals surface area (Å²) in [7, 11) is 1.56. The zero-order valence-corrected chi connectivity index (χ0v) is 55.7. The molecule has 0 rings (SSSR count). The standard InChI is InChI=1S/C72H139N2O6P/c1-6-8-10-12-14-16-18-20-22-24-26-28-30-31-32-33-34-35-36-37-38-39-40-41-42-43-44-46-48-50-52-54-56-58-60-62-64-66-72(76)73-70(69-80-81(77,78)79-68-67-74(3,4)5)71(75)65-63-61-59-57-55-53-51-49-47-45-29-27-25-23-21-19-17-15-13-11-9-7-2/h35-36,47,49,55,57,63,65,70-71,75H,6-34,37-46,48,50-54,56,58-62,64,66-69H2,1-5H3,(H-,73,76,77,78)/p+1/b36-35-,49-47+,57-55+,65-63+. The molecule has 0 aromatic rings. The minimum atomic E-state index is -4.36. The summed E-state index contributed by atoms with van der Waals surface area (Å²) >= 11 is 0. The maximum atomic E-state index is 13.0. The number of quaternary nitrogens is 1. The number of amides is 1. The average Bonchev–Trinajstić information content (AvgIpc) is 3.43. The molecule has 3 atom stereocenters. The first kappa shape index (κ1) is 79.5. The van der Waals surface area contributed by atoms with Crippen molar-refractivity contribution in [1.29, 1.82) is 0 Å². The number of phosphoric ester groups is 1. The van der Waals surface area contributed by atoms with Crippen LogP contribution in [0.5, 0.6) is 0 Å². The number of nitrogens with zero attached hydrogens (tertiary/aromatic N) is 1. The average molecular weight is 1160 g/mol. The Hall–Kier alpha value is -1.54. The van der Waals surface area contributed by atoms with Gasteiger partial charge in [-0.05, 0) is 70.6 Å². The van der Waals surface area contributed by atoms with E-state index < -0.39 is 20.0 Å². The Labute approximate surface area is 505 Å². The Morgan fingerprint density at radius 1 is 0.407 bits per heavy atom. The molecule has 9 heteroatoms. The molecule has 0 aromatic carbocycles. The summed E-state index contributed by atoms with van der Waals surface area (Å²) in [6.07, 6.45) is 85.7. The van der Waals surface area contributed by atoms with Crippen molar-refractivity contribution in [3.05, 3.63) is 48.6 Å². The molecule has 0 fully saturated rings. The number of likely N-dealkylation sites (N-methyl/N-ethyl adjacent to an activating group) is 1. The molecule has 0 saturated carbocycles. The van der Waals surface area contributed by atoms with Crippen molar-refractivity contribution in [2.45, 2.75) is 366 Å². The molecule has 0 aliphatic rings. The SMILES string of the molecule is CCCCCCCCCCCCCC/C=C/CC/C=C/CC/C=C/C(O)C(COP(=O)(O)OCC[N+](C)(C)C)NC(=O)CCCCCCCCCCCCCCCCCCC/C=C\CCCCCCCCCCCCCCCCCC. The second kappa shape index (κ2) is 63.0. The molecule has 0 aromatic heterocycles. The van der Waals surface area contributed by atoms with Gasteiger partial charge in [-0.1, -0.05) is 326 Å². The number of aliphatic hydroxyl groups excluding tert-OH is 1. The van der Waals surface area contributed by atoms with Crippen molar-refractivity contribution in [3.8, 4) is 0 Å². The third-order valence-corrected chi connectivity index (χ3v) is 17.2. The maximum absolute atomic E-state index is 13.0. The van der Waals surface area contributed by atoms with E-state index in [1.54, 1.807) is 6.08 Å². The van der Waals surface area contributed by atoms with Gasteiger partial charge in [0.05, 0.1) is 39.9 Å². The number of aliphatic hydroxyl groups is 1. The molecule has 0 bridgehead atoms. The summed E-state index contributed by atoms with van der Waals surface area (Å²) in [4.78, 5) is 23.4. The molecule has 3 N–H and O–H groups in total. The van der Waals surface area contributed by atoms with Gasteiger partial charge in [0.2, 0.25) is 5.91 Å². The van der Waals surface area contributed by atoms with Crippen LogP contribution in [0.3, 0.4) is 0 Å². The van der Waals surface area contributed by atoms with Gasteiger partial charge in [0, 0.05) is 6.42 Å². The van der Waals surface area contributed by atoms with Crippen LogP contribution in [-0.2, 0) is 18.4 Å². The second-order valence-corrected chi connectivity index (χ2v) is 27.0. The molecule has 81 heavy (non-hydrogen) atoms. The fourth-order valence-corrected chi connectivity index (χ4v) is 11.5. The molecule has 0 radical (unpaired) electrons. The summed E-state index contributed by atoms with van der Waals surface area (Å²) in [5.41, 5.74) is 0. The molecular weight excluding hydrogens is 1020 g/mol. The topological polar surface area (TPSA) is 105 Å². The van der Waals surface area contributed by atoms with Gasteiger partial charge in [-0.2, -0.15) is 0 Å². The van der Waals surface area contributed by atoms with E-state index in [2.05, 4.69) is 55.6 Å². The van der Waals surface area contributed by atoms with E-state index in [9.17, 15) is 19.4 Å². The zero-order chi connectivity index (χ0) is 59.1. The minimum absolute atomic E-state index is 0.0541. The van der Waals surface area contributed by atoms with E-state index in [4.69, 9.17) is 9.05 Å². The normalized spacial score (nSPS) is 13.9. The van der Waals surface area contributed by atoms with Gasteiger partial charge in [-0.3, -0.25) is 13.8 Å². The van der Waals surface area contributed by atoms with Gasteiger partial charge in [-0.15, -0.1) is 0 Å². The number of nitrogens with one attached hydrogen (secondary N) is 1. The lowest BCUT2D eigenvalue weighted by molar-refractivity contribution is -0.870. The summed E-state index contributed by atoms with van der Waals surface area (Å²) in [6.45, 7) is 4.84. The summed E-state index contributed by atoms with van der Waals surface area (Å²) in [5.74, 6) is -0.185. The second-order valence-electron chi connectivity index (χ2n) is 25.6. The van der Waals surface area contributed by atoms with Gasteiger partial charge >= 0.3 is 7.82 Å². The van der Waals surface area contributed by atoms with Crippen LogP contribution in [0.25, 0.3) is 0 Å². The first-order chi connectivity index (χ1) is 39.5. The predicted octanol–water partition coefficient (Wildman–Crippen LogP) is 22.6. The van der Waals surface area contributed by atoms with Crippen molar-refractivity contribution in [3.63, 3.8) is 0 Å². The summed E-state index contributed by atoms with van der Waals surface area (Å²) in [6, 6.07) is -0.871. The summed E-state index contributed by atoms with van der Waals surface area (Å²) in [5, 5.41) is 14.0. The molecular formula is C72H140N2O6P+. The minimum Gasteiger partial charge on any atom is -0.387 e. The number of unbranched alkanes of at least 4 members (excludes halogenated alkanes) is 47. The van der Waals surface area contributed by atoms with Crippen molar-refractivity contribution in [1.82, 2.24) is 5.32 Å². The van der Waals surface area contributed by atoms with Gasteiger partial charge in [0.15, 0.2) is 0 Å². The Balaban J connectivity index is 4.02.